The number of nitrogens with one attached hydrogen (secondary N) is 1. The number of hydrogen-bond donors (Lipinski definition) is 1. The normalized spacial score (nSPS) is 38.8. The third-order valence-electron chi connectivity index (χ3n) is 4.28. The fourth-order valence-electron chi connectivity index (χ4n) is 3.18. The lowest BCUT2D eigenvalue weighted by Gasteiger charge is -2.35. The number of likely N-dealkylation sites (tertiary alicyclic amines) is 1. The zero-order chi connectivity index (χ0) is 11.0. The van der Waals surface area contributed by atoms with E-state index in [9.17, 15) is 4.79 Å². The Labute approximate surface area is 96.3 Å². The predicted octanol–water partition coefficient (Wildman–Crippen LogP) is 0.0908. The lowest BCUT2D eigenvalue weighted by Crippen LogP contribution is -2.46. The van der Waals surface area contributed by atoms with Gasteiger partial charge in [-0.25, -0.2) is 0 Å². The molecule has 4 nitrogen and oxygen atoms in total. The van der Waals surface area contributed by atoms with E-state index in [1.165, 1.54) is 0 Å². The number of rotatable bonds is 1. The molecule has 3 atom stereocenters. The van der Waals surface area contributed by atoms with Gasteiger partial charge in [0.1, 0.15) is 0 Å². The second-order valence-corrected chi connectivity index (χ2v) is 5.32. The van der Waals surface area contributed by atoms with Crippen molar-refractivity contribution in [3.63, 3.8) is 0 Å². The molecule has 0 aromatic heterocycles. The predicted molar refractivity (Wildman–Crippen MR) is 60.0 cm³/mol. The number of ether oxygens (including phenoxy) is 1. The van der Waals surface area contributed by atoms with Crippen molar-refractivity contribution < 1.29 is 9.53 Å². The van der Waals surface area contributed by atoms with Crippen LogP contribution >= 0.6 is 0 Å². The Kier molecular flexibility index (Phi) is 2.86. The van der Waals surface area contributed by atoms with E-state index in [4.69, 9.17) is 4.74 Å². The van der Waals surface area contributed by atoms with Gasteiger partial charge in [-0.3, -0.25) is 4.79 Å². The number of piperidine rings is 1. The quantitative estimate of drug-likeness (QED) is 0.686. The highest BCUT2D eigenvalue weighted by atomic mass is 16.5. The lowest BCUT2D eigenvalue weighted by atomic mass is 9.88. The van der Waals surface area contributed by atoms with Gasteiger partial charge in [0.25, 0.3) is 0 Å². The van der Waals surface area contributed by atoms with Crippen LogP contribution in [0.15, 0.2) is 0 Å². The molecule has 0 aromatic rings. The number of carbonyl (C=O) groups excluding carboxylic acids is 1. The smallest absolute Gasteiger partial charge is 0.227 e. The Morgan fingerprint density at radius 1 is 1.25 bits per heavy atom. The number of nitrogens with zero attached hydrogens (tertiary/aromatic N) is 1. The van der Waals surface area contributed by atoms with Crippen LogP contribution in [-0.4, -0.2) is 50.2 Å². The minimum absolute atomic E-state index is 0.235. The molecule has 0 aromatic carbocycles. The van der Waals surface area contributed by atoms with Gasteiger partial charge in [-0.05, 0) is 25.3 Å². The summed E-state index contributed by atoms with van der Waals surface area (Å²) < 4.78 is 5.49. The number of fused-ring (bicyclic) bond motifs is 1. The summed E-state index contributed by atoms with van der Waals surface area (Å²) in [6.45, 7) is 5.52. The first-order chi connectivity index (χ1) is 7.84. The molecule has 1 N–H and O–H groups in total. The Morgan fingerprint density at radius 2 is 2.12 bits per heavy atom. The van der Waals surface area contributed by atoms with Gasteiger partial charge in [0, 0.05) is 32.2 Å². The third kappa shape index (κ3) is 1.84. The fraction of sp³-hybridized carbons (Fsp3) is 0.917. The average Bonchev–Trinajstić information content (AvgIpc) is 2.98. The summed E-state index contributed by atoms with van der Waals surface area (Å²) in [5, 5.41) is 3.27. The molecule has 0 spiro atoms. The molecule has 4 heteroatoms. The molecule has 3 rings (SSSR count). The molecule has 3 aliphatic rings. The van der Waals surface area contributed by atoms with E-state index in [-0.39, 0.29) is 5.92 Å². The maximum Gasteiger partial charge on any atom is 0.227 e. The molecular formula is C12H20N2O2. The summed E-state index contributed by atoms with van der Waals surface area (Å²) >= 11 is 0. The summed E-state index contributed by atoms with van der Waals surface area (Å²) in [7, 11) is 0. The highest BCUT2D eigenvalue weighted by Crippen LogP contribution is 2.30. The molecule has 0 saturated carbocycles. The summed E-state index contributed by atoms with van der Waals surface area (Å²) in [5.74, 6) is 1.92. The molecule has 3 heterocycles. The molecular weight excluding hydrogens is 204 g/mol. The molecule has 0 unspecified atom stereocenters. The first kappa shape index (κ1) is 10.5. The van der Waals surface area contributed by atoms with Crippen LogP contribution in [-0.2, 0) is 9.53 Å². The van der Waals surface area contributed by atoms with Crippen molar-refractivity contribution in [1.82, 2.24) is 10.2 Å². The van der Waals surface area contributed by atoms with Crippen molar-refractivity contribution in [2.45, 2.75) is 12.8 Å². The molecule has 3 fully saturated rings. The van der Waals surface area contributed by atoms with Crippen LogP contribution in [0.4, 0.5) is 0 Å². The van der Waals surface area contributed by atoms with Gasteiger partial charge >= 0.3 is 0 Å². The highest BCUT2D eigenvalue weighted by molar-refractivity contribution is 5.79. The standard InChI is InChI=1S/C12H20N2O2/c15-12(9-1-3-13-5-9)14-4-2-10-7-16-8-11(10)6-14/h9-11,13H,1-8H2/t9-,10-,11-/m1/s1. The first-order valence-electron chi connectivity index (χ1n) is 6.42. The maximum absolute atomic E-state index is 12.2. The van der Waals surface area contributed by atoms with Gasteiger partial charge in [0.15, 0.2) is 0 Å². The lowest BCUT2D eigenvalue weighted by molar-refractivity contribution is -0.137. The molecule has 0 radical (unpaired) electrons. The summed E-state index contributed by atoms with van der Waals surface area (Å²) in [6.07, 6.45) is 2.15. The zero-order valence-corrected chi connectivity index (χ0v) is 9.65. The average molecular weight is 224 g/mol. The van der Waals surface area contributed by atoms with Crippen molar-refractivity contribution in [3.05, 3.63) is 0 Å². The monoisotopic (exact) mass is 224 g/mol. The van der Waals surface area contributed by atoms with Crippen LogP contribution in [0.3, 0.4) is 0 Å². The van der Waals surface area contributed by atoms with Crippen molar-refractivity contribution in [1.29, 1.82) is 0 Å². The van der Waals surface area contributed by atoms with E-state index in [2.05, 4.69) is 10.2 Å². The van der Waals surface area contributed by atoms with Crippen LogP contribution in [0, 0.1) is 17.8 Å². The maximum atomic E-state index is 12.2. The largest absolute Gasteiger partial charge is 0.381 e. The summed E-state index contributed by atoms with van der Waals surface area (Å²) in [5.41, 5.74) is 0. The molecule has 3 saturated heterocycles. The molecule has 1 amide bonds. The van der Waals surface area contributed by atoms with Crippen LogP contribution < -0.4 is 5.32 Å². The number of amides is 1. The van der Waals surface area contributed by atoms with Crippen LogP contribution in [0.2, 0.25) is 0 Å². The SMILES string of the molecule is O=C([C@@H]1CCNC1)N1CC[C@@H]2COC[C@H]2C1. The molecule has 16 heavy (non-hydrogen) atoms. The van der Waals surface area contributed by atoms with Gasteiger partial charge < -0.3 is 15.0 Å². The third-order valence-corrected chi connectivity index (χ3v) is 4.28. The summed E-state index contributed by atoms with van der Waals surface area (Å²) in [6, 6.07) is 0. The van der Waals surface area contributed by atoms with E-state index >= 15 is 0 Å². The Morgan fingerprint density at radius 3 is 2.94 bits per heavy atom. The van der Waals surface area contributed by atoms with Crippen molar-refractivity contribution in [2.24, 2.45) is 17.8 Å². The summed E-state index contributed by atoms with van der Waals surface area (Å²) in [4.78, 5) is 14.3. The first-order valence-corrected chi connectivity index (χ1v) is 6.42. The number of carbonyl (C=O) groups is 1. The van der Waals surface area contributed by atoms with Crippen LogP contribution in [0.5, 0.6) is 0 Å². The zero-order valence-electron chi connectivity index (χ0n) is 9.65. The number of hydrogen-bond acceptors (Lipinski definition) is 3. The van der Waals surface area contributed by atoms with E-state index in [1.807, 2.05) is 0 Å². The second kappa shape index (κ2) is 4.34. The van der Waals surface area contributed by atoms with Crippen molar-refractivity contribution in [2.75, 3.05) is 39.4 Å². The van der Waals surface area contributed by atoms with Gasteiger partial charge in [0.05, 0.1) is 12.5 Å². The Bertz CT molecular complexity index is 276. The fourth-order valence-corrected chi connectivity index (χ4v) is 3.18. The van der Waals surface area contributed by atoms with E-state index in [0.29, 0.717) is 17.7 Å². The van der Waals surface area contributed by atoms with E-state index in [0.717, 1.165) is 52.2 Å². The highest BCUT2D eigenvalue weighted by Gasteiger charge is 2.37. The van der Waals surface area contributed by atoms with Crippen molar-refractivity contribution in [3.8, 4) is 0 Å². The minimum atomic E-state index is 0.235. The van der Waals surface area contributed by atoms with Gasteiger partial charge in [-0.2, -0.15) is 0 Å². The minimum Gasteiger partial charge on any atom is -0.381 e. The van der Waals surface area contributed by atoms with E-state index in [1.54, 1.807) is 0 Å². The molecule has 3 aliphatic heterocycles. The Balaban J connectivity index is 1.60. The van der Waals surface area contributed by atoms with E-state index < -0.39 is 0 Å². The molecule has 90 valence electrons. The second-order valence-electron chi connectivity index (χ2n) is 5.32. The van der Waals surface area contributed by atoms with Crippen molar-refractivity contribution >= 4 is 5.91 Å². The van der Waals surface area contributed by atoms with Gasteiger partial charge in [-0.1, -0.05) is 0 Å². The molecule has 0 bridgehead atoms. The van der Waals surface area contributed by atoms with Crippen LogP contribution in [0.25, 0.3) is 0 Å². The van der Waals surface area contributed by atoms with Crippen LogP contribution in [0.1, 0.15) is 12.8 Å². The Hall–Kier alpha value is -0.610. The molecule has 0 aliphatic carbocycles. The van der Waals surface area contributed by atoms with Gasteiger partial charge in [-0.15, -0.1) is 0 Å². The van der Waals surface area contributed by atoms with Gasteiger partial charge in [0.2, 0.25) is 5.91 Å². The topological polar surface area (TPSA) is 41.6 Å².